The molecule has 6 heteroatoms. The minimum Gasteiger partial charge on any atom is -0.375 e. The van der Waals surface area contributed by atoms with Gasteiger partial charge in [-0.15, -0.1) is 0 Å². The first-order valence-corrected chi connectivity index (χ1v) is 8.29. The topological polar surface area (TPSA) is 67.3 Å². The van der Waals surface area contributed by atoms with Gasteiger partial charge in [0.05, 0.1) is 17.1 Å². The van der Waals surface area contributed by atoms with Crippen molar-refractivity contribution >= 4 is 16.9 Å². The van der Waals surface area contributed by atoms with E-state index in [4.69, 9.17) is 4.74 Å². The van der Waals surface area contributed by atoms with Crippen LogP contribution in [0.25, 0.3) is 11.0 Å². The van der Waals surface area contributed by atoms with Gasteiger partial charge in [-0.1, -0.05) is 0 Å². The lowest BCUT2D eigenvalue weighted by molar-refractivity contribution is -0.0378. The van der Waals surface area contributed by atoms with Gasteiger partial charge in [0.2, 0.25) is 0 Å². The van der Waals surface area contributed by atoms with Crippen molar-refractivity contribution in [1.82, 2.24) is 14.5 Å². The van der Waals surface area contributed by atoms with Gasteiger partial charge in [-0.3, -0.25) is 9.36 Å². The highest BCUT2D eigenvalue weighted by molar-refractivity contribution is 5.97. The second-order valence-corrected chi connectivity index (χ2v) is 6.50. The number of imidazole rings is 1. The Kier molecular flexibility index (Phi) is 3.49. The first-order valence-electron chi connectivity index (χ1n) is 8.29. The Morgan fingerprint density at radius 3 is 2.83 bits per heavy atom. The van der Waals surface area contributed by atoms with Gasteiger partial charge >= 0.3 is 5.69 Å². The van der Waals surface area contributed by atoms with Crippen molar-refractivity contribution in [2.24, 2.45) is 5.92 Å². The molecule has 2 fully saturated rings. The highest BCUT2D eigenvalue weighted by Gasteiger charge is 2.31. The van der Waals surface area contributed by atoms with Crippen molar-refractivity contribution in [2.45, 2.75) is 32.4 Å². The molecule has 1 saturated heterocycles. The van der Waals surface area contributed by atoms with E-state index in [0.717, 1.165) is 17.6 Å². The quantitative estimate of drug-likeness (QED) is 0.911. The number of hydrogen-bond acceptors (Lipinski definition) is 3. The second kappa shape index (κ2) is 5.53. The Hall–Kier alpha value is -2.08. The zero-order chi connectivity index (χ0) is 16.0. The number of likely N-dealkylation sites (tertiary alicyclic amines) is 1. The number of benzene rings is 1. The van der Waals surface area contributed by atoms with Crippen LogP contribution in [0.4, 0.5) is 0 Å². The number of hydrogen-bond donors (Lipinski definition) is 1. The highest BCUT2D eigenvalue weighted by atomic mass is 16.5. The van der Waals surface area contributed by atoms with Crippen LogP contribution in [0.15, 0.2) is 23.0 Å². The SMILES string of the molecule is CCOC1CN(C(=O)c2ccc3c(c2)[nH]c(=O)n3CC2CC2)C1. The molecule has 1 aliphatic carbocycles. The predicted octanol–water partition coefficient (Wildman–Crippen LogP) is 1.60. The maximum atomic E-state index is 12.5. The van der Waals surface area contributed by atoms with Crippen LogP contribution in [0.2, 0.25) is 0 Å². The molecule has 0 atom stereocenters. The number of aromatic nitrogens is 2. The van der Waals surface area contributed by atoms with E-state index in [1.165, 1.54) is 12.8 Å². The van der Waals surface area contributed by atoms with Gasteiger partial charge in [0.1, 0.15) is 0 Å². The molecule has 6 nitrogen and oxygen atoms in total. The molecular weight excluding hydrogens is 294 g/mol. The van der Waals surface area contributed by atoms with Crippen molar-refractivity contribution in [1.29, 1.82) is 0 Å². The molecule has 23 heavy (non-hydrogen) atoms. The lowest BCUT2D eigenvalue weighted by Crippen LogP contribution is -2.54. The van der Waals surface area contributed by atoms with Crippen molar-refractivity contribution in [3.8, 4) is 0 Å². The molecule has 122 valence electrons. The van der Waals surface area contributed by atoms with Gasteiger partial charge in [-0.25, -0.2) is 4.79 Å². The molecule has 1 saturated carbocycles. The Bertz CT molecular complexity index is 797. The van der Waals surface area contributed by atoms with Gasteiger partial charge in [-0.05, 0) is 43.9 Å². The fourth-order valence-corrected chi connectivity index (χ4v) is 3.16. The Morgan fingerprint density at radius 1 is 1.35 bits per heavy atom. The summed E-state index contributed by atoms with van der Waals surface area (Å²) in [5.41, 5.74) is 2.15. The van der Waals surface area contributed by atoms with Crippen LogP contribution in [0.5, 0.6) is 0 Å². The van der Waals surface area contributed by atoms with Gasteiger partial charge in [-0.2, -0.15) is 0 Å². The Labute approximate surface area is 134 Å². The molecule has 2 aliphatic rings. The lowest BCUT2D eigenvalue weighted by Gasteiger charge is -2.38. The van der Waals surface area contributed by atoms with Gasteiger partial charge in [0.25, 0.3) is 5.91 Å². The number of carbonyl (C=O) groups is 1. The van der Waals surface area contributed by atoms with Gasteiger partial charge in [0, 0.05) is 31.8 Å². The molecular formula is C17H21N3O3. The molecule has 0 unspecified atom stereocenters. The third-order valence-corrected chi connectivity index (χ3v) is 4.70. The van der Waals surface area contributed by atoms with E-state index >= 15 is 0 Å². The van der Waals surface area contributed by atoms with Crippen molar-refractivity contribution in [3.63, 3.8) is 0 Å². The Morgan fingerprint density at radius 2 is 2.13 bits per heavy atom. The zero-order valence-corrected chi connectivity index (χ0v) is 13.2. The van der Waals surface area contributed by atoms with Crippen LogP contribution < -0.4 is 5.69 Å². The summed E-state index contributed by atoms with van der Waals surface area (Å²) >= 11 is 0. The molecule has 1 N–H and O–H groups in total. The largest absolute Gasteiger partial charge is 0.375 e. The molecule has 2 heterocycles. The minimum absolute atomic E-state index is 0.00125. The summed E-state index contributed by atoms with van der Waals surface area (Å²) in [6.07, 6.45) is 2.56. The summed E-state index contributed by atoms with van der Waals surface area (Å²) < 4.78 is 7.27. The Balaban J connectivity index is 1.55. The average molecular weight is 315 g/mol. The summed E-state index contributed by atoms with van der Waals surface area (Å²) in [5, 5.41) is 0. The van der Waals surface area contributed by atoms with E-state index in [2.05, 4.69) is 4.98 Å². The molecule has 1 aromatic heterocycles. The summed E-state index contributed by atoms with van der Waals surface area (Å²) in [7, 11) is 0. The average Bonchev–Trinajstić information content (AvgIpc) is 3.26. The van der Waals surface area contributed by atoms with Crippen LogP contribution in [0.3, 0.4) is 0 Å². The number of ether oxygens (including phenoxy) is 1. The second-order valence-electron chi connectivity index (χ2n) is 6.50. The number of nitrogens with one attached hydrogen (secondary N) is 1. The fraction of sp³-hybridized carbons (Fsp3) is 0.529. The summed E-state index contributed by atoms with van der Waals surface area (Å²) in [4.78, 5) is 29.2. The summed E-state index contributed by atoms with van der Waals surface area (Å²) in [6, 6.07) is 5.48. The number of rotatable bonds is 5. The lowest BCUT2D eigenvalue weighted by atomic mass is 10.1. The van der Waals surface area contributed by atoms with E-state index in [1.807, 2.05) is 19.1 Å². The molecule has 1 aliphatic heterocycles. The summed E-state index contributed by atoms with van der Waals surface area (Å²) in [6.45, 7) is 4.69. The number of fused-ring (bicyclic) bond motifs is 1. The monoisotopic (exact) mass is 315 g/mol. The molecule has 1 aromatic carbocycles. The van der Waals surface area contributed by atoms with Crippen LogP contribution in [-0.2, 0) is 11.3 Å². The number of aromatic amines is 1. The molecule has 0 radical (unpaired) electrons. The van der Waals surface area contributed by atoms with E-state index in [1.54, 1.807) is 15.5 Å². The van der Waals surface area contributed by atoms with Crippen molar-refractivity contribution in [3.05, 3.63) is 34.2 Å². The van der Waals surface area contributed by atoms with E-state index in [9.17, 15) is 9.59 Å². The molecule has 2 aromatic rings. The summed E-state index contributed by atoms with van der Waals surface area (Å²) in [5.74, 6) is 0.628. The third-order valence-electron chi connectivity index (χ3n) is 4.70. The van der Waals surface area contributed by atoms with Crippen molar-refractivity contribution in [2.75, 3.05) is 19.7 Å². The maximum Gasteiger partial charge on any atom is 0.326 e. The number of amides is 1. The normalized spacial score (nSPS) is 18.4. The van der Waals surface area contributed by atoms with Gasteiger partial charge in [0.15, 0.2) is 0 Å². The first kappa shape index (κ1) is 14.5. The van der Waals surface area contributed by atoms with Crippen LogP contribution in [0.1, 0.15) is 30.1 Å². The minimum atomic E-state index is -0.0862. The predicted molar refractivity (Wildman–Crippen MR) is 86.6 cm³/mol. The smallest absolute Gasteiger partial charge is 0.326 e. The highest BCUT2D eigenvalue weighted by Crippen LogP contribution is 2.31. The van der Waals surface area contributed by atoms with E-state index in [0.29, 0.717) is 31.2 Å². The number of H-pyrrole nitrogens is 1. The molecule has 1 amide bonds. The van der Waals surface area contributed by atoms with Crippen LogP contribution in [0, 0.1) is 5.92 Å². The van der Waals surface area contributed by atoms with E-state index in [-0.39, 0.29) is 17.7 Å². The van der Waals surface area contributed by atoms with E-state index < -0.39 is 0 Å². The molecule has 4 rings (SSSR count). The number of carbonyl (C=O) groups excluding carboxylic acids is 1. The molecule has 0 bridgehead atoms. The molecule has 0 spiro atoms. The van der Waals surface area contributed by atoms with Gasteiger partial charge < -0.3 is 14.6 Å². The fourth-order valence-electron chi connectivity index (χ4n) is 3.16. The number of nitrogens with zero attached hydrogens (tertiary/aromatic N) is 2. The van der Waals surface area contributed by atoms with Crippen LogP contribution in [-0.4, -0.2) is 46.2 Å². The van der Waals surface area contributed by atoms with Crippen LogP contribution >= 0.6 is 0 Å². The van der Waals surface area contributed by atoms with Crippen molar-refractivity contribution < 1.29 is 9.53 Å². The maximum absolute atomic E-state index is 12.5. The zero-order valence-electron chi connectivity index (χ0n) is 13.2. The first-order chi connectivity index (χ1) is 11.2. The standard InChI is InChI=1S/C17H21N3O3/c1-2-23-13-9-19(10-13)16(21)12-5-6-15-14(7-12)18-17(22)20(15)8-11-3-4-11/h5-7,11,13H,2-4,8-10H2,1H3,(H,18,22). The third kappa shape index (κ3) is 2.67.